The van der Waals surface area contributed by atoms with Gasteiger partial charge in [-0.15, -0.1) is 12.4 Å². The van der Waals surface area contributed by atoms with E-state index in [1.54, 1.807) is 12.1 Å². The molecule has 3 nitrogen and oxygen atoms in total. The Bertz CT molecular complexity index is 497. The third-order valence-electron chi connectivity index (χ3n) is 2.48. The van der Waals surface area contributed by atoms with Crippen LogP contribution in [0.2, 0.25) is 0 Å². The lowest BCUT2D eigenvalue weighted by Crippen LogP contribution is -2.11. The van der Waals surface area contributed by atoms with Crippen LogP contribution in [0.4, 0.5) is 5.69 Å². The molecule has 0 aliphatic rings. The number of para-hydroxylation sites is 1. The van der Waals surface area contributed by atoms with E-state index >= 15 is 0 Å². The zero-order valence-electron chi connectivity index (χ0n) is 9.80. The third-order valence-corrected chi connectivity index (χ3v) is 2.48. The minimum absolute atomic E-state index is 0. The van der Waals surface area contributed by atoms with Crippen LogP contribution < -0.4 is 11.1 Å². The molecule has 0 heterocycles. The van der Waals surface area contributed by atoms with Crippen molar-refractivity contribution in [1.29, 1.82) is 0 Å². The lowest BCUT2D eigenvalue weighted by Gasteiger charge is -2.05. The average Bonchev–Trinajstić information content (AvgIpc) is 2.40. The van der Waals surface area contributed by atoms with E-state index in [1.807, 2.05) is 42.5 Å². The second-order valence-corrected chi connectivity index (χ2v) is 3.72. The van der Waals surface area contributed by atoms with Gasteiger partial charge in [0.2, 0.25) is 0 Å². The number of nitrogens with two attached hydrogens (primary N) is 1. The van der Waals surface area contributed by atoms with Crippen molar-refractivity contribution in [1.82, 2.24) is 0 Å². The average molecular weight is 263 g/mol. The van der Waals surface area contributed by atoms with E-state index in [-0.39, 0.29) is 18.3 Å². The van der Waals surface area contributed by atoms with E-state index < -0.39 is 0 Å². The molecule has 0 saturated heterocycles. The van der Waals surface area contributed by atoms with Gasteiger partial charge < -0.3 is 11.1 Å². The zero-order chi connectivity index (χ0) is 12.1. The molecule has 0 radical (unpaired) electrons. The fourth-order valence-corrected chi connectivity index (χ4v) is 1.52. The number of rotatable bonds is 3. The van der Waals surface area contributed by atoms with Gasteiger partial charge in [0.15, 0.2) is 0 Å². The molecular weight excluding hydrogens is 248 g/mol. The highest BCUT2D eigenvalue weighted by atomic mass is 35.5. The molecule has 0 unspecified atom stereocenters. The van der Waals surface area contributed by atoms with Crippen LogP contribution in [0.3, 0.4) is 0 Å². The van der Waals surface area contributed by atoms with E-state index in [0.717, 1.165) is 11.3 Å². The van der Waals surface area contributed by atoms with Gasteiger partial charge in [-0.05, 0) is 29.8 Å². The van der Waals surface area contributed by atoms with E-state index in [0.29, 0.717) is 12.1 Å². The Morgan fingerprint density at radius 3 is 2.17 bits per heavy atom. The second-order valence-electron chi connectivity index (χ2n) is 3.72. The van der Waals surface area contributed by atoms with Gasteiger partial charge in [0.1, 0.15) is 0 Å². The summed E-state index contributed by atoms with van der Waals surface area (Å²) in [6, 6.07) is 16.7. The lowest BCUT2D eigenvalue weighted by molar-refractivity contribution is 0.102. The van der Waals surface area contributed by atoms with E-state index in [2.05, 4.69) is 5.32 Å². The minimum atomic E-state index is -0.111. The normalized spacial score (nSPS) is 9.39. The second kappa shape index (κ2) is 6.79. The number of hydrogen-bond donors (Lipinski definition) is 2. The molecule has 0 aliphatic carbocycles. The van der Waals surface area contributed by atoms with E-state index in [4.69, 9.17) is 5.73 Å². The van der Waals surface area contributed by atoms with Crippen molar-refractivity contribution in [3.05, 3.63) is 65.7 Å². The molecule has 2 aromatic rings. The number of benzene rings is 2. The molecule has 18 heavy (non-hydrogen) atoms. The number of nitrogens with one attached hydrogen (secondary N) is 1. The molecule has 0 saturated carbocycles. The molecule has 2 aromatic carbocycles. The number of anilines is 1. The fourth-order valence-electron chi connectivity index (χ4n) is 1.52. The Labute approximate surface area is 112 Å². The van der Waals surface area contributed by atoms with Crippen molar-refractivity contribution in [3.63, 3.8) is 0 Å². The van der Waals surface area contributed by atoms with Gasteiger partial charge in [0.05, 0.1) is 0 Å². The standard InChI is InChI=1S/C14H14N2O.ClH/c15-10-11-6-8-12(9-7-11)14(17)16-13-4-2-1-3-5-13;/h1-9H,10,15H2,(H,16,17);1H. The van der Waals surface area contributed by atoms with Crippen molar-refractivity contribution in [2.75, 3.05) is 5.32 Å². The molecule has 0 fully saturated rings. The van der Waals surface area contributed by atoms with E-state index in [1.165, 1.54) is 0 Å². The summed E-state index contributed by atoms with van der Waals surface area (Å²) < 4.78 is 0. The molecule has 2 rings (SSSR count). The van der Waals surface area contributed by atoms with Crippen LogP contribution in [0.25, 0.3) is 0 Å². The monoisotopic (exact) mass is 262 g/mol. The van der Waals surface area contributed by atoms with Crippen LogP contribution in [-0.4, -0.2) is 5.91 Å². The summed E-state index contributed by atoms with van der Waals surface area (Å²) in [5.41, 5.74) is 7.94. The van der Waals surface area contributed by atoms with Crippen molar-refractivity contribution < 1.29 is 4.79 Å². The van der Waals surface area contributed by atoms with Gasteiger partial charge in [-0.2, -0.15) is 0 Å². The molecule has 0 aliphatic heterocycles. The Morgan fingerprint density at radius 2 is 1.61 bits per heavy atom. The number of amides is 1. The summed E-state index contributed by atoms with van der Waals surface area (Å²) >= 11 is 0. The SMILES string of the molecule is Cl.NCc1ccc(C(=O)Nc2ccccc2)cc1. The van der Waals surface area contributed by atoms with Crippen molar-refractivity contribution in [2.45, 2.75) is 6.54 Å². The Balaban J connectivity index is 0.00000162. The Morgan fingerprint density at radius 1 is 1.00 bits per heavy atom. The molecule has 0 bridgehead atoms. The maximum atomic E-state index is 11.9. The molecule has 1 amide bonds. The first-order valence-corrected chi connectivity index (χ1v) is 5.45. The summed E-state index contributed by atoms with van der Waals surface area (Å²) in [6.45, 7) is 0.487. The van der Waals surface area contributed by atoms with Crippen LogP contribution in [0.15, 0.2) is 54.6 Å². The summed E-state index contributed by atoms with van der Waals surface area (Å²) in [7, 11) is 0. The van der Waals surface area contributed by atoms with Gasteiger partial charge in [-0.1, -0.05) is 30.3 Å². The van der Waals surface area contributed by atoms with Gasteiger partial charge in [0.25, 0.3) is 5.91 Å². The topological polar surface area (TPSA) is 55.1 Å². The van der Waals surface area contributed by atoms with Crippen molar-refractivity contribution in [3.8, 4) is 0 Å². The Kier molecular flexibility index (Phi) is 5.36. The first-order chi connectivity index (χ1) is 8.29. The molecule has 3 N–H and O–H groups in total. The van der Waals surface area contributed by atoms with Gasteiger partial charge in [0, 0.05) is 17.8 Å². The maximum Gasteiger partial charge on any atom is 0.255 e. The number of carbonyl (C=O) groups is 1. The molecule has 94 valence electrons. The van der Waals surface area contributed by atoms with Crippen LogP contribution >= 0.6 is 12.4 Å². The number of hydrogen-bond acceptors (Lipinski definition) is 2. The van der Waals surface area contributed by atoms with E-state index in [9.17, 15) is 4.79 Å². The van der Waals surface area contributed by atoms with Gasteiger partial charge >= 0.3 is 0 Å². The number of carbonyl (C=O) groups excluding carboxylic acids is 1. The predicted molar refractivity (Wildman–Crippen MR) is 76.0 cm³/mol. The van der Waals surface area contributed by atoms with Crippen LogP contribution in [0.1, 0.15) is 15.9 Å². The third kappa shape index (κ3) is 3.58. The maximum absolute atomic E-state index is 11.9. The van der Waals surface area contributed by atoms with Crippen LogP contribution in [0, 0.1) is 0 Å². The van der Waals surface area contributed by atoms with Crippen LogP contribution in [0.5, 0.6) is 0 Å². The van der Waals surface area contributed by atoms with Crippen molar-refractivity contribution >= 4 is 24.0 Å². The molecule has 0 spiro atoms. The number of halogens is 1. The summed E-state index contributed by atoms with van der Waals surface area (Å²) in [5, 5.41) is 2.83. The highest BCUT2D eigenvalue weighted by Gasteiger charge is 2.04. The fraction of sp³-hybridized carbons (Fsp3) is 0.0714. The summed E-state index contributed by atoms with van der Waals surface area (Å²) in [6.07, 6.45) is 0. The molecule has 0 aromatic heterocycles. The highest BCUT2D eigenvalue weighted by molar-refractivity contribution is 6.04. The first kappa shape index (κ1) is 14.2. The summed E-state index contributed by atoms with van der Waals surface area (Å²) in [4.78, 5) is 11.9. The highest BCUT2D eigenvalue weighted by Crippen LogP contribution is 2.09. The smallest absolute Gasteiger partial charge is 0.255 e. The quantitative estimate of drug-likeness (QED) is 0.894. The van der Waals surface area contributed by atoms with Crippen molar-refractivity contribution in [2.24, 2.45) is 5.73 Å². The summed E-state index contributed by atoms with van der Waals surface area (Å²) in [5.74, 6) is -0.111. The predicted octanol–water partition coefficient (Wildman–Crippen LogP) is 2.82. The van der Waals surface area contributed by atoms with Gasteiger partial charge in [-0.3, -0.25) is 4.79 Å². The molecule has 0 atom stereocenters. The largest absolute Gasteiger partial charge is 0.326 e. The lowest BCUT2D eigenvalue weighted by atomic mass is 10.1. The minimum Gasteiger partial charge on any atom is -0.326 e. The first-order valence-electron chi connectivity index (χ1n) is 5.45. The Hall–Kier alpha value is -1.84. The van der Waals surface area contributed by atoms with Crippen LogP contribution in [-0.2, 0) is 6.54 Å². The molecular formula is C14H15ClN2O. The van der Waals surface area contributed by atoms with Gasteiger partial charge in [-0.25, -0.2) is 0 Å². The zero-order valence-corrected chi connectivity index (χ0v) is 10.6. The molecule has 4 heteroatoms.